The highest BCUT2D eigenvalue weighted by atomic mass is 35.5. The third-order valence-corrected chi connectivity index (χ3v) is 3.66. The van der Waals surface area contributed by atoms with E-state index in [9.17, 15) is 5.11 Å². The van der Waals surface area contributed by atoms with E-state index in [1.165, 1.54) is 11.1 Å². The van der Waals surface area contributed by atoms with Gasteiger partial charge in [-0.2, -0.15) is 0 Å². The Morgan fingerprint density at radius 1 is 1.38 bits per heavy atom. The summed E-state index contributed by atoms with van der Waals surface area (Å²) in [6, 6.07) is 4.09. The lowest BCUT2D eigenvalue weighted by atomic mass is 10.1. The van der Waals surface area contributed by atoms with Gasteiger partial charge >= 0.3 is 0 Å². The second-order valence-electron chi connectivity index (χ2n) is 4.95. The van der Waals surface area contributed by atoms with Crippen LogP contribution >= 0.6 is 11.6 Å². The van der Waals surface area contributed by atoms with Crippen molar-refractivity contribution in [1.29, 1.82) is 0 Å². The average Bonchev–Trinajstić information content (AvgIpc) is 2.97. The molecule has 0 aromatic heterocycles. The number of aryl methyl sites for hydroxylation is 2. The molecule has 0 amide bonds. The molecule has 16 heavy (non-hydrogen) atoms. The van der Waals surface area contributed by atoms with Crippen molar-refractivity contribution in [2.45, 2.75) is 26.7 Å². The molecule has 0 radical (unpaired) electrons. The Hall–Kier alpha value is -0.730. The normalized spacial score (nSPS) is 17.2. The minimum Gasteiger partial charge on any atom is -0.396 e. The van der Waals surface area contributed by atoms with Crippen LogP contribution in [0.1, 0.15) is 24.0 Å². The van der Waals surface area contributed by atoms with Crippen LogP contribution in [0.5, 0.6) is 0 Å². The summed E-state index contributed by atoms with van der Waals surface area (Å²) < 4.78 is 0. The standard InChI is InChI=1S/C13H18ClNO/c1-9-5-10(2)12(11(14)6-9)15-7-13(8-16)3-4-13/h5-6,15-16H,3-4,7-8H2,1-2H3. The molecule has 0 atom stereocenters. The molecule has 0 spiro atoms. The van der Waals surface area contributed by atoms with Crippen molar-refractivity contribution in [3.05, 3.63) is 28.3 Å². The predicted molar refractivity (Wildman–Crippen MR) is 68.2 cm³/mol. The molecule has 1 aromatic rings. The van der Waals surface area contributed by atoms with E-state index in [2.05, 4.69) is 18.3 Å². The number of aliphatic hydroxyl groups is 1. The Labute approximate surface area is 102 Å². The minimum atomic E-state index is 0.112. The zero-order valence-electron chi connectivity index (χ0n) is 9.81. The van der Waals surface area contributed by atoms with E-state index in [-0.39, 0.29) is 12.0 Å². The molecule has 0 bridgehead atoms. The molecule has 0 unspecified atom stereocenters. The largest absolute Gasteiger partial charge is 0.396 e. The molecule has 1 saturated carbocycles. The summed E-state index contributed by atoms with van der Waals surface area (Å²) in [6.45, 7) is 5.17. The summed E-state index contributed by atoms with van der Waals surface area (Å²) in [7, 11) is 0. The van der Waals surface area contributed by atoms with Crippen molar-refractivity contribution >= 4 is 17.3 Å². The second kappa shape index (κ2) is 4.27. The number of benzene rings is 1. The number of halogens is 1. The molecule has 1 aliphatic rings. The van der Waals surface area contributed by atoms with Crippen molar-refractivity contribution in [3.63, 3.8) is 0 Å². The van der Waals surface area contributed by atoms with E-state index < -0.39 is 0 Å². The van der Waals surface area contributed by atoms with Gasteiger partial charge in [-0.1, -0.05) is 17.7 Å². The molecule has 0 heterocycles. The van der Waals surface area contributed by atoms with E-state index >= 15 is 0 Å². The summed E-state index contributed by atoms with van der Waals surface area (Å²) in [5, 5.41) is 13.4. The van der Waals surface area contributed by atoms with Gasteiger partial charge in [-0.25, -0.2) is 0 Å². The Morgan fingerprint density at radius 2 is 2.06 bits per heavy atom. The van der Waals surface area contributed by atoms with Crippen molar-refractivity contribution in [3.8, 4) is 0 Å². The lowest BCUT2D eigenvalue weighted by Gasteiger charge is -2.17. The SMILES string of the molecule is Cc1cc(C)c(NCC2(CO)CC2)c(Cl)c1. The van der Waals surface area contributed by atoms with Crippen LogP contribution in [0.15, 0.2) is 12.1 Å². The van der Waals surface area contributed by atoms with Crippen LogP contribution in [0.25, 0.3) is 0 Å². The van der Waals surface area contributed by atoms with Crippen LogP contribution in [-0.2, 0) is 0 Å². The number of anilines is 1. The molecule has 2 N–H and O–H groups in total. The van der Waals surface area contributed by atoms with Gasteiger partial charge in [0, 0.05) is 12.0 Å². The van der Waals surface area contributed by atoms with Crippen molar-refractivity contribution in [2.24, 2.45) is 5.41 Å². The Balaban J connectivity index is 2.09. The van der Waals surface area contributed by atoms with Crippen LogP contribution in [0, 0.1) is 19.3 Å². The molecular weight excluding hydrogens is 222 g/mol. The first-order valence-corrected chi connectivity index (χ1v) is 6.06. The van der Waals surface area contributed by atoms with Crippen LogP contribution < -0.4 is 5.32 Å². The molecule has 1 fully saturated rings. The van der Waals surface area contributed by atoms with Gasteiger partial charge < -0.3 is 10.4 Å². The maximum absolute atomic E-state index is 9.24. The first-order chi connectivity index (χ1) is 7.56. The van der Waals surface area contributed by atoms with Gasteiger partial charge in [0.1, 0.15) is 0 Å². The van der Waals surface area contributed by atoms with Crippen molar-refractivity contribution < 1.29 is 5.11 Å². The molecule has 3 heteroatoms. The van der Waals surface area contributed by atoms with Gasteiger partial charge in [-0.15, -0.1) is 0 Å². The lowest BCUT2D eigenvalue weighted by molar-refractivity contribution is 0.220. The summed E-state index contributed by atoms with van der Waals surface area (Å²) in [6.07, 6.45) is 2.22. The summed E-state index contributed by atoms with van der Waals surface area (Å²) in [4.78, 5) is 0. The third kappa shape index (κ3) is 2.33. The zero-order valence-corrected chi connectivity index (χ0v) is 10.6. The summed E-state index contributed by atoms with van der Waals surface area (Å²) >= 11 is 6.20. The fourth-order valence-corrected chi connectivity index (χ4v) is 2.37. The first-order valence-electron chi connectivity index (χ1n) is 5.68. The average molecular weight is 240 g/mol. The second-order valence-corrected chi connectivity index (χ2v) is 5.36. The maximum atomic E-state index is 9.24. The van der Waals surface area contributed by atoms with Crippen LogP contribution in [0.3, 0.4) is 0 Å². The monoisotopic (exact) mass is 239 g/mol. The van der Waals surface area contributed by atoms with Gasteiger partial charge in [-0.05, 0) is 43.9 Å². The number of rotatable bonds is 4. The molecule has 2 nitrogen and oxygen atoms in total. The van der Waals surface area contributed by atoms with Gasteiger partial charge in [0.15, 0.2) is 0 Å². The molecule has 0 aliphatic heterocycles. The van der Waals surface area contributed by atoms with E-state index in [0.29, 0.717) is 0 Å². The zero-order chi connectivity index (χ0) is 11.8. The fourth-order valence-electron chi connectivity index (χ4n) is 1.98. The summed E-state index contributed by atoms with van der Waals surface area (Å²) in [5.41, 5.74) is 3.46. The number of hydrogen-bond acceptors (Lipinski definition) is 2. The molecule has 1 aromatic carbocycles. The third-order valence-electron chi connectivity index (χ3n) is 3.36. The van der Waals surface area contributed by atoms with Gasteiger partial charge in [0.05, 0.1) is 17.3 Å². The smallest absolute Gasteiger partial charge is 0.0642 e. The van der Waals surface area contributed by atoms with Gasteiger partial charge in [0.2, 0.25) is 0 Å². The maximum Gasteiger partial charge on any atom is 0.0642 e. The first kappa shape index (κ1) is 11.7. The van der Waals surface area contributed by atoms with Crippen LogP contribution in [0.2, 0.25) is 5.02 Å². The Kier molecular flexibility index (Phi) is 3.13. The topological polar surface area (TPSA) is 32.3 Å². The Bertz CT molecular complexity index is 376. The van der Waals surface area contributed by atoms with Crippen molar-refractivity contribution in [2.75, 3.05) is 18.5 Å². The minimum absolute atomic E-state index is 0.112. The molecule has 2 rings (SSSR count). The van der Waals surface area contributed by atoms with E-state index in [4.69, 9.17) is 11.6 Å². The Morgan fingerprint density at radius 3 is 2.56 bits per heavy atom. The molecule has 88 valence electrons. The number of hydrogen-bond donors (Lipinski definition) is 2. The van der Waals surface area contributed by atoms with Crippen LogP contribution in [-0.4, -0.2) is 18.3 Å². The van der Waals surface area contributed by atoms with E-state index in [1.54, 1.807) is 0 Å². The molecule has 0 saturated heterocycles. The molecular formula is C13H18ClNO. The van der Waals surface area contributed by atoms with Gasteiger partial charge in [0.25, 0.3) is 0 Å². The highest BCUT2D eigenvalue weighted by Crippen LogP contribution is 2.45. The van der Waals surface area contributed by atoms with Crippen molar-refractivity contribution in [1.82, 2.24) is 0 Å². The highest BCUT2D eigenvalue weighted by molar-refractivity contribution is 6.33. The lowest BCUT2D eigenvalue weighted by Crippen LogP contribution is -2.19. The quantitative estimate of drug-likeness (QED) is 0.846. The molecule has 1 aliphatic carbocycles. The predicted octanol–water partition coefficient (Wildman–Crippen LogP) is 3.14. The number of nitrogens with one attached hydrogen (secondary N) is 1. The highest BCUT2D eigenvalue weighted by Gasteiger charge is 2.41. The summed E-state index contributed by atoms with van der Waals surface area (Å²) in [5.74, 6) is 0. The van der Waals surface area contributed by atoms with Crippen LogP contribution in [0.4, 0.5) is 5.69 Å². The number of aliphatic hydroxyl groups excluding tert-OH is 1. The van der Waals surface area contributed by atoms with Gasteiger partial charge in [-0.3, -0.25) is 0 Å². The van der Waals surface area contributed by atoms with E-state index in [1.807, 2.05) is 13.0 Å². The van der Waals surface area contributed by atoms with E-state index in [0.717, 1.165) is 30.1 Å². The fraction of sp³-hybridized carbons (Fsp3) is 0.538.